The Hall–Kier alpha value is -0.560. The fourth-order valence-electron chi connectivity index (χ4n) is 8.25. The Morgan fingerprint density at radius 2 is 1.72 bits per heavy atom. The third-order valence-corrected chi connectivity index (χ3v) is 10.6. The van der Waals surface area contributed by atoms with Crippen LogP contribution in [-0.2, 0) is 0 Å². The van der Waals surface area contributed by atoms with Crippen LogP contribution in [0.4, 0.5) is 0 Å². The number of hydrogen-bond acceptors (Lipinski definition) is 1. The molecule has 9 atom stereocenters. The molecule has 0 heterocycles. The Morgan fingerprint density at radius 1 is 0.966 bits per heavy atom. The largest absolute Gasteiger partial charge is 0.393 e. The smallest absolute Gasteiger partial charge is 0.0577 e. The van der Waals surface area contributed by atoms with Gasteiger partial charge >= 0.3 is 0 Å². The molecule has 0 aromatic heterocycles. The first-order valence-electron chi connectivity index (χ1n) is 12.7. The Labute approximate surface area is 180 Å². The molecule has 0 radical (unpaired) electrons. The molecule has 1 nitrogen and oxygen atoms in total. The Balaban J connectivity index is 1.53. The van der Waals surface area contributed by atoms with Crippen LogP contribution >= 0.6 is 0 Å². The van der Waals surface area contributed by atoms with Crippen molar-refractivity contribution in [1.29, 1.82) is 0 Å². The molecule has 29 heavy (non-hydrogen) atoms. The number of hydrogen-bond donors (Lipinski definition) is 1. The van der Waals surface area contributed by atoms with E-state index < -0.39 is 0 Å². The quantitative estimate of drug-likeness (QED) is 0.489. The highest BCUT2D eigenvalue weighted by Gasteiger charge is 2.58. The van der Waals surface area contributed by atoms with Gasteiger partial charge < -0.3 is 5.11 Å². The van der Waals surface area contributed by atoms with E-state index in [9.17, 15) is 5.11 Å². The molecular weight excluding hydrogens is 352 g/mol. The molecule has 0 bridgehead atoms. The lowest BCUT2D eigenvalue weighted by Crippen LogP contribution is -2.50. The van der Waals surface area contributed by atoms with Gasteiger partial charge in [-0.3, -0.25) is 0 Å². The summed E-state index contributed by atoms with van der Waals surface area (Å²) in [6.07, 6.45) is 17.7. The molecular formula is C28H46O. The predicted molar refractivity (Wildman–Crippen MR) is 124 cm³/mol. The first-order valence-corrected chi connectivity index (χ1v) is 12.7. The van der Waals surface area contributed by atoms with E-state index in [1.807, 2.05) is 0 Å². The van der Waals surface area contributed by atoms with Gasteiger partial charge in [-0.1, -0.05) is 65.3 Å². The lowest BCUT2D eigenvalue weighted by molar-refractivity contribution is -0.0540. The van der Waals surface area contributed by atoms with Crippen LogP contribution in [0.5, 0.6) is 0 Å². The maximum atomic E-state index is 10.2. The molecule has 4 rings (SSSR count). The topological polar surface area (TPSA) is 20.2 Å². The molecule has 0 spiro atoms. The van der Waals surface area contributed by atoms with Gasteiger partial charge in [0.05, 0.1) is 6.10 Å². The van der Waals surface area contributed by atoms with Gasteiger partial charge in [0, 0.05) is 0 Å². The van der Waals surface area contributed by atoms with E-state index in [0.29, 0.717) is 22.7 Å². The van der Waals surface area contributed by atoms with E-state index in [1.54, 1.807) is 5.57 Å². The van der Waals surface area contributed by atoms with Crippen LogP contribution in [0.3, 0.4) is 0 Å². The van der Waals surface area contributed by atoms with Crippen molar-refractivity contribution in [3.63, 3.8) is 0 Å². The molecule has 164 valence electrons. The fraction of sp³-hybridized carbons (Fsp3) is 0.857. The molecule has 0 saturated heterocycles. The molecule has 3 saturated carbocycles. The summed E-state index contributed by atoms with van der Waals surface area (Å²) in [7, 11) is 0. The summed E-state index contributed by atoms with van der Waals surface area (Å²) >= 11 is 0. The number of rotatable bonds is 4. The zero-order valence-electron chi connectivity index (χ0n) is 20.0. The number of aliphatic hydroxyl groups is 1. The number of fused-ring (bicyclic) bond motifs is 5. The SMILES string of the molecule is CC(C=C[C@H](C)C(C)C)C1CCC2C3CC=C4CC(O)CCC4(C)C3CCC12C. The highest BCUT2D eigenvalue weighted by molar-refractivity contribution is 5.25. The Bertz CT molecular complexity index is 659. The van der Waals surface area contributed by atoms with Crippen molar-refractivity contribution < 1.29 is 5.11 Å². The van der Waals surface area contributed by atoms with E-state index in [2.05, 4.69) is 59.8 Å². The van der Waals surface area contributed by atoms with Crippen LogP contribution in [-0.4, -0.2) is 11.2 Å². The van der Waals surface area contributed by atoms with Crippen molar-refractivity contribution in [1.82, 2.24) is 0 Å². The molecule has 0 amide bonds. The molecule has 1 heteroatoms. The van der Waals surface area contributed by atoms with Crippen molar-refractivity contribution in [2.45, 2.75) is 99.0 Å². The average Bonchev–Trinajstić information content (AvgIpc) is 3.03. The van der Waals surface area contributed by atoms with Gasteiger partial charge in [-0.25, -0.2) is 0 Å². The Kier molecular flexibility index (Phi) is 5.86. The van der Waals surface area contributed by atoms with E-state index in [1.165, 1.54) is 38.5 Å². The van der Waals surface area contributed by atoms with Crippen molar-refractivity contribution in [3.05, 3.63) is 23.8 Å². The molecule has 0 aliphatic heterocycles. The molecule has 4 aliphatic rings. The van der Waals surface area contributed by atoms with E-state index >= 15 is 0 Å². The molecule has 8 unspecified atom stereocenters. The standard InChI is InChI=1S/C28H46O/c1-18(2)19(3)7-8-20(4)24-11-12-25-23-10-9-21-17-22(29)13-15-27(21,5)26(23)14-16-28(24,25)6/h7-9,18-20,22-26,29H,10-17H2,1-6H3/t19-,20?,22?,23?,24?,25?,26?,27?,28?/m0/s1. The number of aliphatic hydroxyl groups excluding tert-OH is 1. The van der Waals surface area contributed by atoms with Crippen molar-refractivity contribution >= 4 is 0 Å². The van der Waals surface area contributed by atoms with E-state index in [-0.39, 0.29) is 6.10 Å². The van der Waals surface area contributed by atoms with Crippen LogP contribution < -0.4 is 0 Å². The summed E-state index contributed by atoms with van der Waals surface area (Å²) in [5.41, 5.74) is 2.51. The van der Waals surface area contributed by atoms with Crippen LogP contribution in [0.2, 0.25) is 0 Å². The molecule has 3 fully saturated rings. The van der Waals surface area contributed by atoms with Crippen LogP contribution in [0.15, 0.2) is 23.8 Å². The molecule has 0 aromatic carbocycles. The fourth-order valence-corrected chi connectivity index (χ4v) is 8.25. The minimum Gasteiger partial charge on any atom is -0.393 e. The third kappa shape index (κ3) is 3.58. The van der Waals surface area contributed by atoms with Crippen LogP contribution in [0.1, 0.15) is 92.9 Å². The van der Waals surface area contributed by atoms with E-state index in [0.717, 1.165) is 42.4 Å². The predicted octanol–water partition coefficient (Wildman–Crippen LogP) is 7.41. The Morgan fingerprint density at radius 3 is 2.45 bits per heavy atom. The molecule has 1 N–H and O–H groups in total. The van der Waals surface area contributed by atoms with Gasteiger partial charge in [0.2, 0.25) is 0 Å². The molecule has 0 aromatic rings. The minimum absolute atomic E-state index is 0.0866. The summed E-state index contributed by atoms with van der Waals surface area (Å²) in [5, 5.41) is 10.2. The second-order valence-electron chi connectivity index (χ2n) is 12.2. The summed E-state index contributed by atoms with van der Waals surface area (Å²) < 4.78 is 0. The minimum atomic E-state index is -0.0866. The summed E-state index contributed by atoms with van der Waals surface area (Å²) in [4.78, 5) is 0. The third-order valence-electron chi connectivity index (χ3n) is 10.6. The van der Waals surface area contributed by atoms with Gasteiger partial charge in [-0.2, -0.15) is 0 Å². The normalized spacial score (nSPS) is 46.8. The lowest BCUT2D eigenvalue weighted by atomic mass is 9.47. The number of allylic oxidation sites excluding steroid dienone is 3. The van der Waals surface area contributed by atoms with Gasteiger partial charge in [-0.15, -0.1) is 0 Å². The first-order chi connectivity index (χ1) is 13.7. The first kappa shape index (κ1) is 21.7. The summed E-state index contributed by atoms with van der Waals surface area (Å²) in [6, 6.07) is 0. The van der Waals surface area contributed by atoms with Gasteiger partial charge in [0.25, 0.3) is 0 Å². The van der Waals surface area contributed by atoms with Crippen molar-refractivity contribution in [2.24, 2.45) is 52.3 Å². The second kappa shape index (κ2) is 7.85. The monoisotopic (exact) mass is 398 g/mol. The molecule has 4 aliphatic carbocycles. The lowest BCUT2D eigenvalue weighted by Gasteiger charge is -2.58. The van der Waals surface area contributed by atoms with Gasteiger partial charge in [0.1, 0.15) is 0 Å². The maximum absolute atomic E-state index is 10.2. The maximum Gasteiger partial charge on any atom is 0.0577 e. The zero-order valence-corrected chi connectivity index (χ0v) is 20.0. The van der Waals surface area contributed by atoms with Gasteiger partial charge in [-0.05, 0) is 104 Å². The van der Waals surface area contributed by atoms with Crippen molar-refractivity contribution in [3.8, 4) is 0 Å². The van der Waals surface area contributed by atoms with Crippen molar-refractivity contribution in [2.75, 3.05) is 0 Å². The highest BCUT2D eigenvalue weighted by Crippen LogP contribution is 2.67. The summed E-state index contributed by atoms with van der Waals surface area (Å²) in [6.45, 7) is 14.7. The second-order valence-corrected chi connectivity index (χ2v) is 12.2. The van der Waals surface area contributed by atoms with Crippen LogP contribution in [0.25, 0.3) is 0 Å². The summed E-state index contributed by atoms with van der Waals surface area (Å²) in [5.74, 6) is 5.63. The van der Waals surface area contributed by atoms with Crippen LogP contribution in [0, 0.1) is 52.3 Å². The zero-order chi connectivity index (χ0) is 21.0. The highest BCUT2D eigenvalue weighted by atomic mass is 16.3. The van der Waals surface area contributed by atoms with Gasteiger partial charge in [0.15, 0.2) is 0 Å². The van der Waals surface area contributed by atoms with E-state index in [4.69, 9.17) is 0 Å². The average molecular weight is 399 g/mol.